The molecule has 0 aliphatic heterocycles. The van der Waals surface area contributed by atoms with Gasteiger partial charge in [-0.05, 0) is 35.4 Å². The highest BCUT2D eigenvalue weighted by molar-refractivity contribution is 8.00. The Morgan fingerprint density at radius 1 is 1.00 bits per heavy atom. The summed E-state index contributed by atoms with van der Waals surface area (Å²) in [5, 5.41) is 21.2. The number of hydrogen-bond acceptors (Lipinski definition) is 6. The zero-order valence-corrected chi connectivity index (χ0v) is 17.3. The summed E-state index contributed by atoms with van der Waals surface area (Å²) in [6.07, 6.45) is -0.450. The molecular weight excluding hydrogens is 424 g/mol. The molecule has 154 valence electrons. The number of aliphatic hydroxyl groups excluding tert-OH is 1. The lowest BCUT2D eigenvalue weighted by molar-refractivity contribution is -0.384. The van der Waals surface area contributed by atoms with Crippen LogP contribution in [0.4, 0.5) is 5.69 Å². The standard InChI is InChI=1S/C21H18N2O5S2/c24-18-13-14-5-1-2-6-17(14)21(18)22-30(27,28)20-8-4-3-7-19(20)29-16-11-9-15(10-12-16)23(25)26/h1-12,18,21-22,24H,13H2. The molecule has 3 aromatic carbocycles. The van der Waals surface area contributed by atoms with Gasteiger partial charge in [0, 0.05) is 28.3 Å². The molecule has 0 spiro atoms. The van der Waals surface area contributed by atoms with Crippen LogP contribution in [0.2, 0.25) is 0 Å². The molecule has 2 N–H and O–H groups in total. The summed E-state index contributed by atoms with van der Waals surface area (Å²) < 4.78 is 29.0. The number of fused-ring (bicyclic) bond motifs is 1. The molecule has 1 aliphatic rings. The maximum Gasteiger partial charge on any atom is 0.269 e. The first-order chi connectivity index (χ1) is 14.3. The van der Waals surface area contributed by atoms with Crippen molar-refractivity contribution in [3.8, 4) is 0 Å². The van der Waals surface area contributed by atoms with Gasteiger partial charge in [0.05, 0.1) is 22.0 Å². The van der Waals surface area contributed by atoms with Gasteiger partial charge < -0.3 is 5.11 Å². The number of nitrogens with one attached hydrogen (secondary N) is 1. The summed E-state index contributed by atoms with van der Waals surface area (Å²) in [4.78, 5) is 11.6. The number of aliphatic hydroxyl groups is 1. The Kier molecular flexibility index (Phi) is 5.61. The van der Waals surface area contributed by atoms with E-state index in [1.165, 1.54) is 30.0 Å². The van der Waals surface area contributed by atoms with Gasteiger partial charge >= 0.3 is 0 Å². The van der Waals surface area contributed by atoms with E-state index in [0.717, 1.165) is 11.1 Å². The average molecular weight is 443 g/mol. The van der Waals surface area contributed by atoms with Crippen LogP contribution in [0.25, 0.3) is 0 Å². The maximum absolute atomic E-state index is 13.2. The van der Waals surface area contributed by atoms with E-state index in [1.54, 1.807) is 30.3 Å². The smallest absolute Gasteiger partial charge is 0.269 e. The lowest BCUT2D eigenvalue weighted by Crippen LogP contribution is -2.34. The molecule has 0 saturated heterocycles. The minimum absolute atomic E-state index is 0.0317. The largest absolute Gasteiger partial charge is 0.391 e. The van der Waals surface area contributed by atoms with Gasteiger partial charge in [-0.3, -0.25) is 10.1 Å². The van der Waals surface area contributed by atoms with Crippen molar-refractivity contribution >= 4 is 27.5 Å². The molecule has 9 heteroatoms. The molecule has 3 aromatic rings. The Morgan fingerprint density at radius 2 is 1.67 bits per heavy atom. The summed E-state index contributed by atoms with van der Waals surface area (Å²) >= 11 is 1.20. The topological polar surface area (TPSA) is 110 Å². The van der Waals surface area contributed by atoms with Gasteiger partial charge in [-0.15, -0.1) is 0 Å². The van der Waals surface area contributed by atoms with E-state index in [4.69, 9.17) is 0 Å². The second kappa shape index (κ2) is 8.19. The van der Waals surface area contributed by atoms with E-state index >= 15 is 0 Å². The fraction of sp³-hybridized carbons (Fsp3) is 0.143. The monoisotopic (exact) mass is 442 g/mol. The van der Waals surface area contributed by atoms with E-state index in [9.17, 15) is 23.6 Å². The van der Waals surface area contributed by atoms with Crippen LogP contribution >= 0.6 is 11.8 Å². The molecule has 7 nitrogen and oxygen atoms in total. The van der Waals surface area contributed by atoms with Gasteiger partial charge in [0.2, 0.25) is 10.0 Å². The van der Waals surface area contributed by atoms with Crippen molar-refractivity contribution in [2.75, 3.05) is 0 Å². The predicted octanol–water partition coefficient (Wildman–Crippen LogP) is 3.68. The number of nitro benzene ring substituents is 1. The number of rotatable bonds is 6. The number of nitro groups is 1. The third kappa shape index (κ3) is 4.10. The molecule has 0 fully saturated rings. The SMILES string of the molecule is O=[N+]([O-])c1ccc(Sc2ccccc2S(=O)(=O)NC2c3ccccc3CC2O)cc1. The molecule has 2 unspecified atom stereocenters. The molecule has 0 bridgehead atoms. The molecule has 4 rings (SSSR count). The van der Waals surface area contributed by atoms with Gasteiger partial charge in [-0.25, -0.2) is 13.1 Å². The van der Waals surface area contributed by atoms with Crippen LogP contribution in [0.1, 0.15) is 17.2 Å². The van der Waals surface area contributed by atoms with Gasteiger partial charge in [-0.2, -0.15) is 0 Å². The molecule has 0 aromatic heterocycles. The second-order valence-electron chi connectivity index (χ2n) is 6.87. The number of nitrogens with zero attached hydrogens (tertiary/aromatic N) is 1. The van der Waals surface area contributed by atoms with E-state index in [0.29, 0.717) is 16.2 Å². The van der Waals surface area contributed by atoms with Gasteiger partial charge in [0.25, 0.3) is 5.69 Å². The van der Waals surface area contributed by atoms with Crippen LogP contribution in [-0.2, 0) is 16.4 Å². The Labute approximate surface area is 178 Å². The first kappa shape index (κ1) is 20.5. The minimum Gasteiger partial charge on any atom is -0.391 e. The molecular formula is C21H18N2O5S2. The Morgan fingerprint density at radius 3 is 2.40 bits per heavy atom. The molecule has 2 atom stereocenters. The number of hydrogen-bond donors (Lipinski definition) is 2. The first-order valence-corrected chi connectivity index (χ1v) is 11.4. The third-order valence-electron chi connectivity index (χ3n) is 4.90. The quantitative estimate of drug-likeness (QED) is 0.445. The van der Waals surface area contributed by atoms with Crippen molar-refractivity contribution in [1.82, 2.24) is 4.72 Å². The predicted molar refractivity (Wildman–Crippen MR) is 113 cm³/mol. The summed E-state index contributed by atoms with van der Waals surface area (Å²) in [6, 6.07) is 19.1. The van der Waals surface area contributed by atoms with Crippen molar-refractivity contribution < 1.29 is 18.4 Å². The zero-order valence-electron chi connectivity index (χ0n) is 15.6. The maximum atomic E-state index is 13.2. The van der Waals surface area contributed by atoms with Crippen molar-refractivity contribution in [2.45, 2.75) is 33.3 Å². The second-order valence-corrected chi connectivity index (χ2v) is 9.67. The van der Waals surface area contributed by atoms with Crippen molar-refractivity contribution in [3.05, 3.63) is 94.0 Å². The molecule has 0 heterocycles. The highest BCUT2D eigenvalue weighted by Gasteiger charge is 2.34. The fourth-order valence-electron chi connectivity index (χ4n) is 3.47. The highest BCUT2D eigenvalue weighted by Crippen LogP contribution is 2.36. The van der Waals surface area contributed by atoms with Gasteiger partial charge in [0.15, 0.2) is 0 Å². The summed E-state index contributed by atoms with van der Waals surface area (Å²) in [6.45, 7) is 0. The third-order valence-corrected chi connectivity index (χ3v) is 7.61. The van der Waals surface area contributed by atoms with Crippen LogP contribution < -0.4 is 4.72 Å². The summed E-state index contributed by atoms with van der Waals surface area (Å²) in [5.41, 5.74) is 1.66. The summed E-state index contributed by atoms with van der Waals surface area (Å²) in [5.74, 6) is 0. The van der Waals surface area contributed by atoms with Crippen LogP contribution in [0, 0.1) is 10.1 Å². The highest BCUT2D eigenvalue weighted by atomic mass is 32.2. The molecule has 1 aliphatic carbocycles. The lowest BCUT2D eigenvalue weighted by atomic mass is 10.1. The normalized spacial score (nSPS) is 18.2. The van der Waals surface area contributed by atoms with E-state index < -0.39 is 27.1 Å². The van der Waals surface area contributed by atoms with Gasteiger partial charge in [0.1, 0.15) is 0 Å². The zero-order chi connectivity index (χ0) is 21.3. The molecule has 30 heavy (non-hydrogen) atoms. The lowest BCUT2D eigenvalue weighted by Gasteiger charge is -2.19. The van der Waals surface area contributed by atoms with Crippen molar-refractivity contribution in [3.63, 3.8) is 0 Å². The summed E-state index contributed by atoms with van der Waals surface area (Å²) in [7, 11) is -3.93. The van der Waals surface area contributed by atoms with E-state index in [-0.39, 0.29) is 10.6 Å². The van der Waals surface area contributed by atoms with Crippen LogP contribution in [0.5, 0.6) is 0 Å². The van der Waals surface area contributed by atoms with Crippen molar-refractivity contribution in [1.29, 1.82) is 0 Å². The van der Waals surface area contributed by atoms with Gasteiger partial charge in [-0.1, -0.05) is 48.2 Å². The average Bonchev–Trinajstić information content (AvgIpc) is 3.03. The number of benzene rings is 3. The number of sulfonamides is 1. The van der Waals surface area contributed by atoms with Crippen LogP contribution in [0.3, 0.4) is 0 Å². The minimum atomic E-state index is -3.93. The molecule has 0 saturated carbocycles. The molecule has 0 radical (unpaired) electrons. The number of non-ortho nitro benzene ring substituents is 1. The Hall–Kier alpha value is -2.72. The van der Waals surface area contributed by atoms with Crippen LogP contribution in [-0.4, -0.2) is 24.6 Å². The van der Waals surface area contributed by atoms with Crippen molar-refractivity contribution in [2.24, 2.45) is 0 Å². The Bertz CT molecular complexity index is 1200. The van der Waals surface area contributed by atoms with Crippen LogP contribution in [0.15, 0.2) is 87.5 Å². The van der Waals surface area contributed by atoms with E-state index in [2.05, 4.69) is 4.72 Å². The van der Waals surface area contributed by atoms with E-state index in [1.807, 2.05) is 24.3 Å². The molecule has 0 amide bonds. The first-order valence-electron chi connectivity index (χ1n) is 9.15. The Balaban J connectivity index is 1.62. The fourth-order valence-corrected chi connectivity index (χ4v) is 6.10.